The van der Waals surface area contributed by atoms with Gasteiger partial charge in [0.1, 0.15) is 6.04 Å². The molecule has 0 bridgehead atoms. The van der Waals surface area contributed by atoms with E-state index in [1.165, 1.54) is 0 Å². The van der Waals surface area contributed by atoms with Gasteiger partial charge in [0, 0.05) is 18.9 Å². The van der Waals surface area contributed by atoms with Crippen molar-refractivity contribution in [3.63, 3.8) is 0 Å². The number of hydrogen-bond donors (Lipinski definition) is 4. The maximum atomic E-state index is 12.8. The number of benzene rings is 1. The van der Waals surface area contributed by atoms with Gasteiger partial charge < -0.3 is 10.6 Å². The third kappa shape index (κ3) is 6.34. The Labute approximate surface area is 166 Å². The Bertz CT molecular complexity index is 686. The van der Waals surface area contributed by atoms with Gasteiger partial charge in [0.15, 0.2) is 0 Å². The smallest absolute Gasteiger partial charge is 0.244 e. The van der Waals surface area contributed by atoms with Crippen LogP contribution in [0.3, 0.4) is 0 Å². The minimum absolute atomic E-state index is 0.115. The van der Waals surface area contributed by atoms with Crippen LogP contribution in [0.4, 0.5) is 0 Å². The summed E-state index contributed by atoms with van der Waals surface area (Å²) in [5.74, 6) is -1.55. The van der Waals surface area contributed by atoms with Gasteiger partial charge >= 0.3 is 0 Å². The predicted octanol–water partition coefficient (Wildman–Crippen LogP) is 2.15. The highest BCUT2D eigenvalue weighted by molar-refractivity contribution is 5.91. The fourth-order valence-electron chi connectivity index (χ4n) is 3.31. The van der Waals surface area contributed by atoms with Crippen LogP contribution in [0.5, 0.6) is 0 Å². The summed E-state index contributed by atoms with van der Waals surface area (Å²) in [7, 11) is 0. The molecule has 0 spiro atoms. The summed E-state index contributed by atoms with van der Waals surface area (Å²) in [6.07, 6.45) is 2.11. The topological polar surface area (TPSA) is 108 Å². The summed E-state index contributed by atoms with van der Waals surface area (Å²) in [6, 6.07) is 8.95. The Morgan fingerprint density at radius 1 is 1.11 bits per heavy atom. The standard InChI is InChI=1S/C21H31N3O4/c1-14(2)11-16(12-17(25)24-28)19(26)23-18(21(3)9-10-21)20(27)22-13-15-7-5-4-6-8-15/h4-8,14,16,18,28H,9-13H2,1-3H3,(H,22,27)(H,23,26)(H,24,25). The molecule has 7 heteroatoms. The van der Waals surface area contributed by atoms with Crippen LogP contribution < -0.4 is 16.1 Å². The number of hydroxylamine groups is 1. The van der Waals surface area contributed by atoms with Crippen molar-refractivity contribution in [3.05, 3.63) is 35.9 Å². The first-order valence-electron chi connectivity index (χ1n) is 9.80. The number of carbonyl (C=O) groups excluding carboxylic acids is 3. The van der Waals surface area contributed by atoms with E-state index in [1.807, 2.05) is 51.1 Å². The summed E-state index contributed by atoms with van der Waals surface area (Å²) >= 11 is 0. The summed E-state index contributed by atoms with van der Waals surface area (Å²) < 4.78 is 0. The third-order valence-electron chi connectivity index (χ3n) is 5.28. The molecule has 0 saturated heterocycles. The lowest BCUT2D eigenvalue weighted by Gasteiger charge is -2.27. The Balaban J connectivity index is 2.04. The van der Waals surface area contributed by atoms with E-state index in [9.17, 15) is 14.4 Å². The molecule has 2 rings (SSSR count). The van der Waals surface area contributed by atoms with E-state index in [2.05, 4.69) is 10.6 Å². The second-order valence-corrected chi connectivity index (χ2v) is 8.36. The first-order valence-corrected chi connectivity index (χ1v) is 9.80. The lowest BCUT2D eigenvalue weighted by atomic mass is 9.91. The second-order valence-electron chi connectivity index (χ2n) is 8.36. The Morgan fingerprint density at radius 2 is 1.75 bits per heavy atom. The summed E-state index contributed by atoms with van der Waals surface area (Å²) in [5.41, 5.74) is 2.30. The van der Waals surface area contributed by atoms with Crippen molar-refractivity contribution in [1.29, 1.82) is 0 Å². The predicted molar refractivity (Wildman–Crippen MR) is 105 cm³/mol. The summed E-state index contributed by atoms with van der Waals surface area (Å²) in [6.45, 7) is 6.30. The molecule has 1 aromatic carbocycles. The minimum Gasteiger partial charge on any atom is -0.350 e. The van der Waals surface area contributed by atoms with Crippen LogP contribution in [-0.2, 0) is 20.9 Å². The zero-order valence-corrected chi connectivity index (χ0v) is 16.8. The Hall–Kier alpha value is -2.41. The lowest BCUT2D eigenvalue weighted by Crippen LogP contribution is -2.52. The molecule has 1 saturated carbocycles. The van der Waals surface area contributed by atoms with Crippen LogP contribution in [0.2, 0.25) is 0 Å². The van der Waals surface area contributed by atoms with Crippen LogP contribution >= 0.6 is 0 Å². The molecule has 3 amide bonds. The van der Waals surface area contributed by atoms with Gasteiger partial charge in [-0.3, -0.25) is 19.6 Å². The first-order chi connectivity index (χ1) is 13.2. The van der Waals surface area contributed by atoms with E-state index in [1.54, 1.807) is 5.48 Å². The fraction of sp³-hybridized carbons (Fsp3) is 0.571. The average molecular weight is 389 g/mol. The van der Waals surface area contributed by atoms with E-state index in [0.717, 1.165) is 18.4 Å². The highest BCUT2D eigenvalue weighted by Gasteiger charge is 2.49. The maximum absolute atomic E-state index is 12.8. The van der Waals surface area contributed by atoms with E-state index < -0.39 is 17.9 Å². The SMILES string of the molecule is CC(C)CC(CC(=O)NO)C(=O)NC(C(=O)NCc1ccccc1)C1(C)CC1. The van der Waals surface area contributed by atoms with Crippen LogP contribution in [0, 0.1) is 17.3 Å². The highest BCUT2D eigenvalue weighted by Crippen LogP contribution is 2.48. The third-order valence-corrected chi connectivity index (χ3v) is 5.28. The van der Waals surface area contributed by atoms with Crippen LogP contribution in [-0.4, -0.2) is 29.0 Å². The molecule has 1 aliphatic carbocycles. The molecule has 28 heavy (non-hydrogen) atoms. The molecule has 0 aliphatic heterocycles. The maximum Gasteiger partial charge on any atom is 0.244 e. The molecule has 7 nitrogen and oxygen atoms in total. The summed E-state index contributed by atoms with van der Waals surface area (Å²) in [4.78, 5) is 37.2. The number of carbonyl (C=O) groups is 3. The second kappa shape index (κ2) is 9.68. The minimum atomic E-state index is -0.643. The zero-order chi connectivity index (χ0) is 20.7. The Kier molecular flexibility index (Phi) is 7.57. The molecular formula is C21H31N3O4. The molecule has 4 N–H and O–H groups in total. The largest absolute Gasteiger partial charge is 0.350 e. The van der Waals surface area contributed by atoms with Crippen LogP contribution in [0.1, 0.15) is 52.0 Å². The molecular weight excluding hydrogens is 358 g/mol. The van der Waals surface area contributed by atoms with Crippen molar-refractivity contribution in [2.45, 2.75) is 59.0 Å². The molecule has 0 aromatic heterocycles. The van der Waals surface area contributed by atoms with Gasteiger partial charge in [0.05, 0.1) is 0 Å². The number of nitrogens with one attached hydrogen (secondary N) is 3. The number of amides is 3. The van der Waals surface area contributed by atoms with Gasteiger partial charge in [-0.1, -0.05) is 51.1 Å². The highest BCUT2D eigenvalue weighted by atomic mass is 16.5. The summed E-state index contributed by atoms with van der Waals surface area (Å²) in [5, 5.41) is 14.6. The van der Waals surface area contributed by atoms with E-state index in [-0.39, 0.29) is 29.6 Å². The van der Waals surface area contributed by atoms with E-state index in [4.69, 9.17) is 5.21 Å². The van der Waals surface area contributed by atoms with Gasteiger partial charge in [0.25, 0.3) is 0 Å². The molecule has 0 heterocycles. The van der Waals surface area contributed by atoms with E-state index >= 15 is 0 Å². The van der Waals surface area contributed by atoms with Crippen molar-refractivity contribution < 1.29 is 19.6 Å². The Morgan fingerprint density at radius 3 is 2.29 bits per heavy atom. The normalized spacial score (nSPS) is 16.8. The van der Waals surface area contributed by atoms with Crippen molar-refractivity contribution >= 4 is 17.7 Å². The molecule has 1 aromatic rings. The van der Waals surface area contributed by atoms with Crippen molar-refractivity contribution in [2.75, 3.05) is 0 Å². The molecule has 0 radical (unpaired) electrons. The quantitative estimate of drug-likeness (QED) is 0.363. The van der Waals surface area contributed by atoms with E-state index in [0.29, 0.717) is 13.0 Å². The zero-order valence-electron chi connectivity index (χ0n) is 16.8. The van der Waals surface area contributed by atoms with Gasteiger partial charge in [-0.25, -0.2) is 5.48 Å². The van der Waals surface area contributed by atoms with Crippen molar-refractivity contribution in [3.8, 4) is 0 Å². The van der Waals surface area contributed by atoms with Crippen molar-refractivity contribution in [1.82, 2.24) is 16.1 Å². The molecule has 1 aliphatic rings. The van der Waals surface area contributed by atoms with Crippen LogP contribution in [0.25, 0.3) is 0 Å². The van der Waals surface area contributed by atoms with Crippen LogP contribution in [0.15, 0.2) is 30.3 Å². The lowest BCUT2D eigenvalue weighted by molar-refractivity contribution is -0.137. The van der Waals surface area contributed by atoms with Gasteiger partial charge in [0.2, 0.25) is 17.7 Å². The molecule has 2 atom stereocenters. The fourth-order valence-corrected chi connectivity index (χ4v) is 3.31. The monoisotopic (exact) mass is 389 g/mol. The number of hydrogen-bond acceptors (Lipinski definition) is 4. The molecule has 1 fully saturated rings. The van der Waals surface area contributed by atoms with Gasteiger partial charge in [-0.2, -0.15) is 0 Å². The molecule has 2 unspecified atom stereocenters. The average Bonchev–Trinajstić information content (AvgIpc) is 3.42. The number of rotatable bonds is 10. The van der Waals surface area contributed by atoms with Gasteiger partial charge in [-0.15, -0.1) is 0 Å². The van der Waals surface area contributed by atoms with Crippen molar-refractivity contribution in [2.24, 2.45) is 17.3 Å². The van der Waals surface area contributed by atoms with Gasteiger partial charge in [-0.05, 0) is 36.2 Å². The first kappa shape index (κ1) is 21.9. The molecule has 154 valence electrons.